The number of ether oxygens (including phenoxy) is 1. The normalized spacial score (nSPS) is 12.9. The van der Waals surface area contributed by atoms with Gasteiger partial charge in [0.05, 0.1) is 12.2 Å². The molecule has 35 heavy (non-hydrogen) atoms. The van der Waals surface area contributed by atoms with E-state index in [0.29, 0.717) is 25.0 Å². The summed E-state index contributed by atoms with van der Waals surface area (Å²) in [6.07, 6.45) is 7.28. The van der Waals surface area contributed by atoms with Gasteiger partial charge in [0.25, 0.3) is 0 Å². The van der Waals surface area contributed by atoms with Gasteiger partial charge in [-0.3, -0.25) is 0 Å². The van der Waals surface area contributed by atoms with Crippen LogP contribution < -0.4 is 8.37 Å². The van der Waals surface area contributed by atoms with Gasteiger partial charge in [-0.25, -0.2) is 4.79 Å². The van der Waals surface area contributed by atoms with Gasteiger partial charge in [0.2, 0.25) is 0 Å². The van der Waals surface area contributed by atoms with Gasteiger partial charge >= 0.3 is 37.2 Å². The van der Waals surface area contributed by atoms with Gasteiger partial charge in [0.15, 0.2) is 0 Å². The number of hydrogen-bond acceptors (Lipinski definition) is 8. The Morgan fingerprint density at radius 1 is 0.714 bits per heavy atom. The van der Waals surface area contributed by atoms with Crippen LogP contribution in [0.2, 0.25) is 0 Å². The van der Waals surface area contributed by atoms with Gasteiger partial charge in [-0.15, -0.1) is 0 Å². The van der Waals surface area contributed by atoms with Gasteiger partial charge in [-0.05, 0) is 18.6 Å². The fourth-order valence-electron chi connectivity index (χ4n) is 2.62. The number of carbonyl (C=O) groups excluding carboxylic acids is 1. The third-order valence-corrected chi connectivity index (χ3v) is 6.28. The molecule has 0 heterocycles. The average Bonchev–Trinajstić information content (AvgIpc) is 2.69. The highest BCUT2D eigenvalue weighted by molar-refractivity contribution is 7.88. The number of esters is 1. The minimum Gasteiger partial charge on any atom is -0.462 e. The van der Waals surface area contributed by atoms with E-state index in [2.05, 4.69) is 15.3 Å². The summed E-state index contributed by atoms with van der Waals surface area (Å²) in [5.74, 6) is -3.93. The first kappa shape index (κ1) is 30.8. The van der Waals surface area contributed by atoms with Crippen LogP contribution in [0, 0.1) is 0 Å². The van der Waals surface area contributed by atoms with Crippen LogP contribution >= 0.6 is 0 Å². The second-order valence-electron chi connectivity index (χ2n) is 7.27. The molecule has 0 bridgehead atoms. The van der Waals surface area contributed by atoms with E-state index >= 15 is 0 Å². The highest BCUT2D eigenvalue weighted by atomic mass is 32.2. The Morgan fingerprint density at radius 3 is 1.51 bits per heavy atom. The van der Waals surface area contributed by atoms with E-state index in [4.69, 9.17) is 4.74 Å². The van der Waals surface area contributed by atoms with Crippen LogP contribution in [0.5, 0.6) is 11.5 Å². The number of alkyl halides is 6. The number of hydrogen-bond donors (Lipinski definition) is 0. The van der Waals surface area contributed by atoms with E-state index in [-0.39, 0.29) is 12.7 Å². The van der Waals surface area contributed by atoms with Crippen LogP contribution in [0.3, 0.4) is 0 Å². The summed E-state index contributed by atoms with van der Waals surface area (Å²) in [5.41, 5.74) is -12.6. The summed E-state index contributed by atoms with van der Waals surface area (Å²) < 4.78 is 133. The maximum absolute atomic E-state index is 12.6. The lowest BCUT2D eigenvalue weighted by Crippen LogP contribution is -2.29. The first-order valence-electron chi connectivity index (χ1n) is 10.3. The standard InChI is InChI=1S/C19H24F6O8S2/c1-2-3-4-5-6-7-8-9-10-31-17(26)14-11-15(32-34(27,28)18(20,21)22)13-16(12-14)33-35(29,30)19(23,24)25/h11-13H,2-10H2,1H3. The fourth-order valence-corrected chi connectivity index (χ4v) is 3.51. The molecule has 202 valence electrons. The fraction of sp³-hybridized carbons (Fsp3) is 0.632. The van der Waals surface area contributed by atoms with Gasteiger partial charge in [-0.1, -0.05) is 51.9 Å². The van der Waals surface area contributed by atoms with Crippen LogP contribution in [-0.4, -0.2) is 40.4 Å². The molecule has 0 spiro atoms. The van der Waals surface area contributed by atoms with Crippen molar-refractivity contribution in [1.82, 2.24) is 0 Å². The lowest BCUT2D eigenvalue weighted by Gasteiger charge is -2.14. The van der Waals surface area contributed by atoms with Crippen molar-refractivity contribution in [1.29, 1.82) is 0 Å². The van der Waals surface area contributed by atoms with Crippen LogP contribution in [-0.2, 0) is 25.0 Å². The van der Waals surface area contributed by atoms with E-state index in [1.807, 2.05) is 0 Å². The van der Waals surface area contributed by atoms with Crippen molar-refractivity contribution in [2.45, 2.75) is 69.3 Å². The second kappa shape index (κ2) is 12.6. The quantitative estimate of drug-likeness (QED) is 0.0975. The van der Waals surface area contributed by atoms with Crippen molar-refractivity contribution < 1.29 is 61.1 Å². The largest absolute Gasteiger partial charge is 0.534 e. The molecule has 16 heteroatoms. The van der Waals surface area contributed by atoms with Crippen molar-refractivity contribution in [3.8, 4) is 11.5 Å². The molecule has 0 atom stereocenters. The van der Waals surface area contributed by atoms with E-state index in [9.17, 15) is 48.0 Å². The molecule has 0 amide bonds. The summed E-state index contributed by atoms with van der Waals surface area (Å²) in [6.45, 7) is 1.92. The third kappa shape index (κ3) is 10.1. The molecule has 0 N–H and O–H groups in total. The second-order valence-corrected chi connectivity index (χ2v) is 10.3. The molecular formula is C19H24F6O8S2. The molecular weight excluding hydrogens is 534 g/mol. The van der Waals surface area contributed by atoms with Gasteiger partial charge in [-0.2, -0.15) is 43.2 Å². The first-order chi connectivity index (χ1) is 16.0. The number of halogens is 6. The molecule has 1 aromatic rings. The molecule has 0 aliphatic carbocycles. The molecule has 0 aliphatic rings. The zero-order valence-electron chi connectivity index (χ0n) is 18.4. The zero-order valence-corrected chi connectivity index (χ0v) is 20.1. The summed E-state index contributed by atoms with van der Waals surface area (Å²) in [5, 5.41) is 0. The highest BCUT2D eigenvalue weighted by Crippen LogP contribution is 2.33. The number of rotatable bonds is 14. The van der Waals surface area contributed by atoms with E-state index in [1.54, 1.807) is 0 Å². The zero-order chi connectivity index (χ0) is 26.9. The van der Waals surface area contributed by atoms with Crippen molar-refractivity contribution in [3.63, 3.8) is 0 Å². The molecule has 0 saturated heterocycles. The Labute approximate surface area is 198 Å². The van der Waals surface area contributed by atoms with Gasteiger partial charge in [0, 0.05) is 6.07 Å². The number of unbranched alkanes of at least 4 members (excludes halogenated alkanes) is 7. The number of carbonyl (C=O) groups is 1. The summed E-state index contributed by atoms with van der Waals surface area (Å²) in [6, 6.07) is 0.973. The molecule has 0 aliphatic heterocycles. The molecule has 8 nitrogen and oxygen atoms in total. The van der Waals surface area contributed by atoms with Crippen molar-refractivity contribution >= 4 is 26.2 Å². The Hall–Kier alpha value is -2.23. The molecule has 0 aromatic heterocycles. The monoisotopic (exact) mass is 558 g/mol. The van der Waals surface area contributed by atoms with Gasteiger partial charge < -0.3 is 13.1 Å². The smallest absolute Gasteiger partial charge is 0.462 e. The SMILES string of the molecule is CCCCCCCCCCOC(=O)c1cc(OS(=O)(=O)C(F)(F)F)cc(OS(=O)(=O)C(F)(F)F)c1. The Bertz CT molecular complexity index is 986. The molecule has 1 rings (SSSR count). The minimum absolute atomic E-state index is 0.127. The van der Waals surface area contributed by atoms with Crippen molar-refractivity contribution in [2.24, 2.45) is 0 Å². The summed E-state index contributed by atoms with van der Waals surface area (Å²) in [4.78, 5) is 12.2. The molecule has 0 fully saturated rings. The third-order valence-electron chi connectivity index (χ3n) is 4.33. The predicted molar refractivity (Wildman–Crippen MR) is 111 cm³/mol. The topological polar surface area (TPSA) is 113 Å². The minimum atomic E-state index is -6.30. The highest BCUT2D eigenvalue weighted by Gasteiger charge is 2.50. The Morgan fingerprint density at radius 2 is 1.11 bits per heavy atom. The molecule has 0 saturated carbocycles. The van der Waals surface area contributed by atoms with E-state index in [0.717, 1.165) is 38.5 Å². The van der Waals surface area contributed by atoms with E-state index < -0.39 is 54.3 Å². The lowest BCUT2D eigenvalue weighted by atomic mass is 10.1. The van der Waals surface area contributed by atoms with Gasteiger partial charge in [0.1, 0.15) is 11.5 Å². The molecule has 0 radical (unpaired) electrons. The number of benzene rings is 1. The average molecular weight is 559 g/mol. The Balaban J connectivity index is 2.97. The summed E-state index contributed by atoms with van der Waals surface area (Å²) >= 11 is 0. The molecule has 0 unspecified atom stereocenters. The van der Waals surface area contributed by atoms with Crippen LogP contribution in [0.1, 0.15) is 68.6 Å². The first-order valence-corrected chi connectivity index (χ1v) is 13.2. The van der Waals surface area contributed by atoms with Crippen molar-refractivity contribution in [2.75, 3.05) is 6.61 Å². The maximum atomic E-state index is 12.6. The summed E-state index contributed by atoms with van der Waals surface area (Å²) in [7, 11) is -12.6. The Kier molecular flexibility index (Phi) is 11.1. The van der Waals surface area contributed by atoms with Crippen LogP contribution in [0.4, 0.5) is 26.3 Å². The maximum Gasteiger partial charge on any atom is 0.534 e. The predicted octanol–water partition coefficient (Wildman–Crippen LogP) is 5.44. The lowest BCUT2D eigenvalue weighted by molar-refractivity contribution is -0.0502. The van der Waals surface area contributed by atoms with Crippen molar-refractivity contribution in [3.05, 3.63) is 23.8 Å². The van der Waals surface area contributed by atoms with E-state index in [1.165, 1.54) is 0 Å². The van der Waals surface area contributed by atoms with Crippen LogP contribution in [0.25, 0.3) is 0 Å². The van der Waals surface area contributed by atoms with Crippen LogP contribution in [0.15, 0.2) is 18.2 Å². The molecule has 1 aromatic carbocycles.